The number of rotatable bonds is 9. The summed E-state index contributed by atoms with van der Waals surface area (Å²) in [6.07, 6.45) is 2.68. The molecule has 0 bridgehead atoms. The van der Waals surface area contributed by atoms with Crippen molar-refractivity contribution in [3.05, 3.63) is 64.7 Å². The first kappa shape index (κ1) is 22.3. The molecular formula is C22H24ClNO5. The highest BCUT2D eigenvalue weighted by Crippen LogP contribution is 2.37. The van der Waals surface area contributed by atoms with Gasteiger partial charge in [0.1, 0.15) is 0 Å². The van der Waals surface area contributed by atoms with E-state index in [1.807, 2.05) is 44.2 Å². The highest BCUT2D eigenvalue weighted by molar-refractivity contribution is 6.32. The monoisotopic (exact) mass is 417 g/mol. The number of ether oxygens (including phenoxy) is 3. The zero-order valence-electron chi connectivity index (χ0n) is 16.6. The Balaban J connectivity index is 1.88. The quantitative estimate of drug-likeness (QED) is 0.493. The molecule has 2 aromatic carbocycles. The van der Waals surface area contributed by atoms with Crippen LogP contribution < -0.4 is 14.8 Å². The van der Waals surface area contributed by atoms with E-state index >= 15 is 0 Å². The molecule has 7 heteroatoms. The van der Waals surface area contributed by atoms with Crippen LogP contribution in [0.4, 0.5) is 0 Å². The van der Waals surface area contributed by atoms with E-state index in [-0.39, 0.29) is 18.6 Å². The maximum Gasteiger partial charge on any atom is 0.331 e. The largest absolute Gasteiger partial charge is 0.493 e. The Morgan fingerprint density at radius 1 is 1.17 bits per heavy atom. The molecule has 0 fully saturated rings. The maximum atomic E-state index is 11.9. The fourth-order valence-electron chi connectivity index (χ4n) is 2.38. The van der Waals surface area contributed by atoms with Crippen LogP contribution in [0.5, 0.6) is 11.5 Å². The molecule has 0 aromatic heterocycles. The highest BCUT2D eigenvalue weighted by atomic mass is 35.5. The van der Waals surface area contributed by atoms with Crippen molar-refractivity contribution in [1.82, 2.24) is 5.32 Å². The molecular weight excluding hydrogens is 394 g/mol. The topological polar surface area (TPSA) is 73.9 Å². The van der Waals surface area contributed by atoms with Crippen LogP contribution in [0.25, 0.3) is 6.08 Å². The van der Waals surface area contributed by atoms with E-state index in [1.54, 1.807) is 12.1 Å². The molecule has 0 spiro atoms. The number of carbonyl (C=O) groups is 2. The number of hydrogen-bond donors (Lipinski definition) is 1. The van der Waals surface area contributed by atoms with Crippen molar-refractivity contribution in [2.75, 3.05) is 13.7 Å². The number of carbonyl (C=O) groups excluding carboxylic acids is 2. The number of hydrogen-bond acceptors (Lipinski definition) is 5. The van der Waals surface area contributed by atoms with Gasteiger partial charge in [-0.3, -0.25) is 4.79 Å². The van der Waals surface area contributed by atoms with Gasteiger partial charge in [0, 0.05) is 12.6 Å². The van der Waals surface area contributed by atoms with Gasteiger partial charge in [0.25, 0.3) is 5.91 Å². The van der Waals surface area contributed by atoms with Gasteiger partial charge in [0.05, 0.1) is 18.2 Å². The lowest BCUT2D eigenvalue weighted by molar-refractivity contribution is -0.143. The van der Waals surface area contributed by atoms with Crippen LogP contribution in [0.3, 0.4) is 0 Å². The van der Waals surface area contributed by atoms with E-state index in [0.717, 1.165) is 5.56 Å². The lowest BCUT2D eigenvalue weighted by atomic mass is 10.2. The van der Waals surface area contributed by atoms with Gasteiger partial charge in [0.15, 0.2) is 18.1 Å². The molecule has 1 amide bonds. The highest BCUT2D eigenvalue weighted by Gasteiger charge is 2.13. The van der Waals surface area contributed by atoms with Gasteiger partial charge in [0.2, 0.25) is 0 Å². The fourth-order valence-corrected chi connectivity index (χ4v) is 2.65. The molecule has 0 saturated carbocycles. The predicted octanol–water partition coefficient (Wildman–Crippen LogP) is 4.01. The predicted molar refractivity (Wildman–Crippen MR) is 112 cm³/mol. The molecule has 0 aliphatic carbocycles. The van der Waals surface area contributed by atoms with Crippen molar-refractivity contribution in [2.24, 2.45) is 0 Å². The molecule has 2 rings (SSSR count). The van der Waals surface area contributed by atoms with Crippen LogP contribution in [0.2, 0.25) is 5.02 Å². The minimum absolute atomic E-state index is 0.0641. The Morgan fingerprint density at radius 2 is 1.90 bits per heavy atom. The first-order valence-electron chi connectivity index (χ1n) is 9.08. The third-order valence-corrected chi connectivity index (χ3v) is 3.98. The zero-order valence-corrected chi connectivity index (χ0v) is 17.4. The molecule has 0 aliphatic heterocycles. The Labute approximate surface area is 175 Å². The molecule has 0 heterocycles. The molecule has 2 aromatic rings. The third-order valence-electron chi connectivity index (χ3n) is 3.70. The maximum absolute atomic E-state index is 11.9. The van der Waals surface area contributed by atoms with Crippen molar-refractivity contribution < 1.29 is 23.8 Å². The van der Waals surface area contributed by atoms with Crippen LogP contribution in [0.1, 0.15) is 25.0 Å². The summed E-state index contributed by atoms with van der Waals surface area (Å²) < 4.78 is 15.9. The van der Waals surface area contributed by atoms with E-state index < -0.39 is 5.97 Å². The molecule has 0 unspecified atom stereocenters. The number of benzene rings is 2. The van der Waals surface area contributed by atoms with Crippen molar-refractivity contribution in [3.8, 4) is 11.5 Å². The molecule has 6 nitrogen and oxygen atoms in total. The molecule has 0 radical (unpaired) electrons. The second-order valence-electron chi connectivity index (χ2n) is 6.40. The van der Waals surface area contributed by atoms with Gasteiger partial charge < -0.3 is 19.5 Å². The normalized spacial score (nSPS) is 10.8. The van der Waals surface area contributed by atoms with Crippen LogP contribution in [-0.4, -0.2) is 31.7 Å². The summed E-state index contributed by atoms with van der Waals surface area (Å²) in [5, 5.41) is 3.05. The third kappa shape index (κ3) is 7.50. The summed E-state index contributed by atoms with van der Waals surface area (Å²) in [6.45, 7) is 3.78. The summed E-state index contributed by atoms with van der Waals surface area (Å²) in [4.78, 5) is 23.7. The summed E-state index contributed by atoms with van der Waals surface area (Å²) in [5.41, 5.74) is 1.59. The van der Waals surface area contributed by atoms with Gasteiger partial charge >= 0.3 is 5.97 Å². The van der Waals surface area contributed by atoms with E-state index in [1.165, 1.54) is 19.3 Å². The van der Waals surface area contributed by atoms with Gasteiger partial charge in [-0.05, 0) is 43.2 Å². The molecule has 29 heavy (non-hydrogen) atoms. The standard InChI is InChI=1S/C22H24ClNO5/c1-15(2)29-22-18(23)11-17(12-19(22)27-3)9-10-21(26)28-14-20(25)24-13-16-7-5-4-6-8-16/h4-12,15H,13-14H2,1-3H3,(H,24,25)/b10-9+. The lowest BCUT2D eigenvalue weighted by Crippen LogP contribution is -2.28. The van der Waals surface area contributed by atoms with Gasteiger partial charge in [-0.1, -0.05) is 41.9 Å². The van der Waals surface area contributed by atoms with Crippen molar-refractivity contribution in [3.63, 3.8) is 0 Å². The first-order chi connectivity index (χ1) is 13.9. The smallest absolute Gasteiger partial charge is 0.331 e. The van der Waals surface area contributed by atoms with Gasteiger partial charge in [-0.15, -0.1) is 0 Å². The second kappa shape index (κ2) is 11.1. The van der Waals surface area contributed by atoms with E-state index in [4.69, 9.17) is 25.8 Å². The Hall–Kier alpha value is -2.99. The Kier molecular flexibility index (Phi) is 8.55. The van der Waals surface area contributed by atoms with Crippen molar-refractivity contribution in [1.29, 1.82) is 0 Å². The first-order valence-corrected chi connectivity index (χ1v) is 9.46. The molecule has 0 saturated heterocycles. The summed E-state index contributed by atoms with van der Waals surface area (Å²) >= 11 is 6.25. The fraction of sp³-hybridized carbons (Fsp3) is 0.273. The van der Waals surface area contributed by atoms with Crippen LogP contribution in [0.15, 0.2) is 48.5 Å². The molecule has 0 atom stereocenters. The number of amides is 1. The average molecular weight is 418 g/mol. The van der Waals surface area contributed by atoms with Gasteiger partial charge in [-0.25, -0.2) is 4.79 Å². The molecule has 0 aliphatic rings. The number of esters is 1. The molecule has 154 valence electrons. The minimum Gasteiger partial charge on any atom is -0.493 e. The van der Waals surface area contributed by atoms with Crippen molar-refractivity contribution >= 4 is 29.6 Å². The number of halogens is 1. The van der Waals surface area contributed by atoms with Crippen LogP contribution >= 0.6 is 11.6 Å². The molecule has 1 N–H and O–H groups in total. The second-order valence-corrected chi connectivity index (χ2v) is 6.81. The lowest BCUT2D eigenvalue weighted by Gasteiger charge is -2.15. The number of nitrogens with one attached hydrogen (secondary N) is 1. The zero-order chi connectivity index (χ0) is 21.2. The van der Waals surface area contributed by atoms with E-state index in [0.29, 0.717) is 28.6 Å². The Bertz CT molecular complexity index is 865. The summed E-state index contributed by atoms with van der Waals surface area (Å²) in [5.74, 6) is -0.119. The summed E-state index contributed by atoms with van der Waals surface area (Å²) in [6, 6.07) is 12.8. The van der Waals surface area contributed by atoms with E-state index in [9.17, 15) is 9.59 Å². The van der Waals surface area contributed by atoms with Crippen LogP contribution in [0, 0.1) is 0 Å². The van der Waals surface area contributed by atoms with Crippen molar-refractivity contribution in [2.45, 2.75) is 26.5 Å². The Morgan fingerprint density at radius 3 is 2.55 bits per heavy atom. The summed E-state index contributed by atoms with van der Waals surface area (Å²) in [7, 11) is 1.51. The van der Waals surface area contributed by atoms with E-state index in [2.05, 4.69) is 5.32 Å². The van der Waals surface area contributed by atoms with Crippen LogP contribution in [-0.2, 0) is 20.9 Å². The van der Waals surface area contributed by atoms with Gasteiger partial charge in [-0.2, -0.15) is 0 Å². The average Bonchev–Trinajstić information content (AvgIpc) is 2.71. The minimum atomic E-state index is -0.641. The number of methoxy groups -OCH3 is 1. The SMILES string of the molecule is COc1cc(/C=C/C(=O)OCC(=O)NCc2ccccc2)cc(Cl)c1OC(C)C.